The van der Waals surface area contributed by atoms with Gasteiger partial charge in [-0.2, -0.15) is 13.2 Å². The standard InChI is InChI=1S/C16H21ClF3N/c1-21-15(10-11-6-2-5-9-14(11)17)12-7-3-4-8-13(12)16(18,19)20/h2,5-6,9,12-13,15,21H,3-4,7-8,10H2,1H3. The second-order valence-corrected chi connectivity index (χ2v) is 6.19. The molecule has 1 aliphatic rings. The Bertz CT molecular complexity index is 461. The van der Waals surface area contributed by atoms with E-state index in [4.69, 9.17) is 11.6 Å². The van der Waals surface area contributed by atoms with Gasteiger partial charge in [0.05, 0.1) is 5.92 Å². The zero-order valence-corrected chi connectivity index (χ0v) is 12.8. The fourth-order valence-electron chi connectivity index (χ4n) is 3.42. The topological polar surface area (TPSA) is 12.0 Å². The van der Waals surface area contributed by atoms with Crippen LogP contribution in [-0.2, 0) is 6.42 Å². The molecule has 3 atom stereocenters. The molecule has 1 aliphatic carbocycles. The van der Waals surface area contributed by atoms with Crippen molar-refractivity contribution < 1.29 is 13.2 Å². The number of rotatable bonds is 4. The first-order chi connectivity index (χ1) is 9.93. The molecule has 1 aromatic carbocycles. The predicted octanol–water partition coefficient (Wildman–Crippen LogP) is 4.84. The predicted molar refractivity (Wildman–Crippen MR) is 79.5 cm³/mol. The number of hydrogen-bond donors (Lipinski definition) is 1. The molecule has 21 heavy (non-hydrogen) atoms. The first-order valence-corrected chi connectivity index (χ1v) is 7.78. The van der Waals surface area contributed by atoms with E-state index in [0.29, 0.717) is 24.3 Å². The van der Waals surface area contributed by atoms with E-state index in [9.17, 15) is 13.2 Å². The third-order valence-corrected chi connectivity index (χ3v) is 4.89. The third-order valence-electron chi connectivity index (χ3n) is 4.53. The molecule has 0 heterocycles. The van der Waals surface area contributed by atoms with Crippen LogP contribution in [0, 0.1) is 11.8 Å². The van der Waals surface area contributed by atoms with Crippen LogP contribution in [0.1, 0.15) is 31.2 Å². The van der Waals surface area contributed by atoms with Gasteiger partial charge < -0.3 is 5.32 Å². The number of benzene rings is 1. The highest BCUT2D eigenvalue weighted by atomic mass is 35.5. The van der Waals surface area contributed by atoms with Crippen LogP contribution >= 0.6 is 11.6 Å². The van der Waals surface area contributed by atoms with E-state index in [2.05, 4.69) is 5.32 Å². The molecular weight excluding hydrogens is 299 g/mol. The van der Waals surface area contributed by atoms with E-state index in [0.717, 1.165) is 12.0 Å². The molecule has 118 valence electrons. The van der Waals surface area contributed by atoms with E-state index in [1.807, 2.05) is 18.2 Å². The van der Waals surface area contributed by atoms with Crippen molar-refractivity contribution in [2.24, 2.45) is 11.8 Å². The van der Waals surface area contributed by atoms with Crippen molar-refractivity contribution in [3.05, 3.63) is 34.9 Å². The Kier molecular flexibility index (Phi) is 5.55. The minimum Gasteiger partial charge on any atom is -0.316 e. The lowest BCUT2D eigenvalue weighted by atomic mass is 9.73. The average molecular weight is 320 g/mol. The SMILES string of the molecule is CNC(Cc1ccccc1Cl)C1CCCCC1C(F)(F)F. The highest BCUT2D eigenvalue weighted by molar-refractivity contribution is 6.31. The zero-order chi connectivity index (χ0) is 15.5. The molecule has 0 radical (unpaired) electrons. The molecule has 0 spiro atoms. The molecule has 3 unspecified atom stereocenters. The summed E-state index contributed by atoms with van der Waals surface area (Å²) in [5.41, 5.74) is 0.907. The van der Waals surface area contributed by atoms with Crippen molar-refractivity contribution in [2.45, 2.75) is 44.3 Å². The Morgan fingerprint density at radius 3 is 2.52 bits per heavy atom. The maximum absolute atomic E-state index is 13.3. The van der Waals surface area contributed by atoms with Gasteiger partial charge in [0, 0.05) is 11.1 Å². The second kappa shape index (κ2) is 7.01. The Morgan fingerprint density at radius 1 is 1.24 bits per heavy atom. The first-order valence-electron chi connectivity index (χ1n) is 7.41. The van der Waals surface area contributed by atoms with Crippen LogP contribution in [0.25, 0.3) is 0 Å². The molecule has 0 saturated heterocycles. The molecule has 0 aromatic heterocycles. The molecule has 1 nitrogen and oxygen atoms in total. The highest BCUT2D eigenvalue weighted by Crippen LogP contribution is 2.43. The van der Waals surface area contributed by atoms with Gasteiger partial charge in [0.15, 0.2) is 0 Å². The molecule has 1 N–H and O–H groups in total. The monoisotopic (exact) mass is 319 g/mol. The maximum atomic E-state index is 13.3. The summed E-state index contributed by atoms with van der Waals surface area (Å²) in [7, 11) is 1.74. The summed E-state index contributed by atoms with van der Waals surface area (Å²) in [6.07, 6.45) is -1.16. The minimum absolute atomic E-state index is 0.197. The highest BCUT2D eigenvalue weighted by Gasteiger charge is 2.47. The summed E-state index contributed by atoms with van der Waals surface area (Å²) in [4.78, 5) is 0. The number of hydrogen-bond acceptors (Lipinski definition) is 1. The minimum atomic E-state index is -4.11. The lowest BCUT2D eigenvalue weighted by molar-refractivity contribution is -0.199. The molecule has 0 aliphatic heterocycles. The van der Waals surface area contributed by atoms with Gasteiger partial charge in [0.2, 0.25) is 0 Å². The van der Waals surface area contributed by atoms with Crippen molar-refractivity contribution in [1.29, 1.82) is 0 Å². The number of halogens is 4. The van der Waals surface area contributed by atoms with E-state index in [-0.39, 0.29) is 18.4 Å². The van der Waals surface area contributed by atoms with Crippen LogP contribution in [0.5, 0.6) is 0 Å². The van der Waals surface area contributed by atoms with Crippen LogP contribution in [0.15, 0.2) is 24.3 Å². The third kappa shape index (κ3) is 4.13. The van der Waals surface area contributed by atoms with Crippen molar-refractivity contribution in [3.63, 3.8) is 0 Å². The van der Waals surface area contributed by atoms with E-state index in [1.54, 1.807) is 13.1 Å². The maximum Gasteiger partial charge on any atom is 0.392 e. The molecule has 0 bridgehead atoms. The first kappa shape index (κ1) is 16.6. The Hall–Kier alpha value is -0.740. The number of likely N-dealkylation sites (N-methyl/N-ethyl adjacent to an activating group) is 1. The van der Waals surface area contributed by atoms with Gasteiger partial charge in [-0.15, -0.1) is 0 Å². The van der Waals surface area contributed by atoms with E-state index < -0.39 is 12.1 Å². The summed E-state index contributed by atoms with van der Waals surface area (Å²) >= 11 is 6.14. The zero-order valence-electron chi connectivity index (χ0n) is 12.1. The number of nitrogens with one attached hydrogen (secondary N) is 1. The van der Waals surface area contributed by atoms with Crippen molar-refractivity contribution >= 4 is 11.6 Å². The van der Waals surface area contributed by atoms with Gasteiger partial charge in [-0.3, -0.25) is 0 Å². The lowest BCUT2D eigenvalue weighted by Crippen LogP contribution is -2.45. The fourth-order valence-corrected chi connectivity index (χ4v) is 3.63. The summed E-state index contributed by atoms with van der Waals surface area (Å²) in [5.74, 6) is -1.58. The molecule has 0 amide bonds. The average Bonchev–Trinajstić information content (AvgIpc) is 2.45. The molecule has 1 fully saturated rings. The molecule has 1 aromatic rings. The fraction of sp³-hybridized carbons (Fsp3) is 0.625. The van der Waals surface area contributed by atoms with Crippen LogP contribution in [0.3, 0.4) is 0 Å². The smallest absolute Gasteiger partial charge is 0.316 e. The van der Waals surface area contributed by atoms with Gasteiger partial charge in [0.1, 0.15) is 0 Å². The Labute approximate surface area is 128 Å². The van der Waals surface area contributed by atoms with Gasteiger partial charge in [-0.05, 0) is 43.9 Å². The van der Waals surface area contributed by atoms with E-state index >= 15 is 0 Å². The van der Waals surface area contributed by atoms with Crippen LogP contribution in [-0.4, -0.2) is 19.3 Å². The van der Waals surface area contributed by atoms with Crippen molar-refractivity contribution in [1.82, 2.24) is 5.32 Å². The van der Waals surface area contributed by atoms with Crippen molar-refractivity contribution in [3.8, 4) is 0 Å². The van der Waals surface area contributed by atoms with Crippen LogP contribution in [0.4, 0.5) is 13.2 Å². The summed E-state index contributed by atoms with van der Waals surface area (Å²) in [6.45, 7) is 0. The van der Waals surface area contributed by atoms with Crippen LogP contribution < -0.4 is 5.32 Å². The molecule has 1 saturated carbocycles. The molecule has 5 heteroatoms. The van der Waals surface area contributed by atoms with Crippen molar-refractivity contribution in [2.75, 3.05) is 7.05 Å². The molecule has 2 rings (SSSR count). The van der Waals surface area contributed by atoms with E-state index in [1.165, 1.54) is 0 Å². The molecular formula is C16H21ClF3N. The Morgan fingerprint density at radius 2 is 1.90 bits per heavy atom. The van der Waals surface area contributed by atoms with Gasteiger partial charge >= 0.3 is 6.18 Å². The lowest BCUT2D eigenvalue weighted by Gasteiger charge is -2.38. The van der Waals surface area contributed by atoms with Gasteiger partial charge in [0.25, 0.3) is 0 Å². The summed E-state index contributed by atoms with van der Waals surface area (Å²) in [5, 5.41) is 3.71. The number of alkyl halides is 3. The largest absolute Gasteiger partial charge is 0.392 e. The van der Waals surface area contributed by atoms with Gasteiger partial charge in [-0.25, -0.2) is 0 Å². The summed E-state index contributed by atoms with van der Waals surface area (Å²) in [6, 6.07) is 7.18. The van der Waals surface area contributed by atoms with Gasteiger partial charge in [-0.1, -0.05) is 42.6 Å². The normalized spacial score (nSPS) is 24.8. The quantitative estimate of drug-likeness (QED) is 0.837. The Balaban J connectivity index is 2.17. The second-order valence-electron chi connectivity index (χ2n) is 5.79. The van der Waals surface area contributed by atoms with Crippen LogP contribution in [0.2, 0.25) is 5.02 Å². The summed E-state index contributed by atoms with van der Waals surface area (Å²) < 4.78 is 39.8.